The van der Waals surface area contributed by atoms with Crippen LogP contribution in [0.25, 0.3) is 0 Å². The molecule has 0 spiro atoms. The lowest BCUT2D eigenvalue weighted by molar-refractivity contribution is 0.0524. The van der Waals surface area contributed by atoms with Crippen LogP contribution < -0.4 is 15.8 Å². The molecule has 0 aliphatic carbocycles. The fourth-order valence-electron chi connectivity index (χ4n) is 1.99. The highest BCUT2D eigenvalue weighted by Crippen LogP contribution is 2.21. The number of alkyl carbamates (subject to hydrolysis) is 1. The fourth-order valence-corrected chi connectivity index (χ4v) is 1.99. The van der Waals surface area contributed by atoms with E-state index in [-0.39, 0.29) is 6.04 Å². The molecule has 3 N–H and O–H groups in total. The van der Waals surface area contributed by atoms with E-state index in [1.54, 1.807) is 7.11 Å². The molecule has 1 atom stereocenters. The standard InChI is InChI=1S/C16H26N2O3/c1-11-12(7-6-8-14(11)20-5)9-13(17)10-18-15(19)21-16(2,3)4/h6-8,13H,9-10,17H2,1-5H3,(H,18,19). The normalized spacial score (nSPS) is 12.7. The van der Waals surface area contributed by atoms with Gasteiger partial charge < -0.3 is 20.5 Å². The minimum Gasteiger partial charge on any atom is -0.496 e. The number of ether oxygens (including phenoxy) is 2. The van der Waals surface area contributed by atoms with E-state index in [4.69, 9.17) is 15.2 Å². The lowest BCUT2D eigenvalue weighted by Crippen LogP contribution is -2.41. The number of amides is 1. The van der Waals surface area contributed by atoms with Gasteiger partial charge in [0.25, 0.3) is 0 Å². The molecule has 0 heterocycles. The zero-order valence-electron chi connectivity index (χ0n) is 13.5. The van der Waals surface area contributed by atoms with E-state index in [1.165, 1.54) is 0 Å². The summed E-state index contributed by atoms with van der Waals surface area (Å²) in [6.45, 7) is 7.85. The van der Waals surface area contributed by atoms with Crippen molar-refractivity contribution < 1.29 is 14.3 Å². The molecule has 1 amide bonds. The van der Waals surface area contributed by atoms with Gasteiger partial charge in [0, 0.05) is 12.6 Å². The van der Waals surface area contributed by atoms with Crippen LogP contribution in [0.1, 0.15) is 31.9 Å². The Morgan fingerprint density at radius 1 is 1.38 bits per heavy atom. The third-order valence-corrected chi connectivity index (χ3v) is 3.01. The van der Waals surface area contributed by atoms with Gasteiger partial charge in [0.1, 0.15) is 11.4 Å². The topological polar surface area (TPSA) is 73.6 Å². The second-order valence-electron chi connectivity index (χ2n) is 6.09. The van der Waals surface area contributed by atoms with Crippen molar-refractivity contribution in [2.24, 2.45) is 5.73 Å². The molecule has 118 valence electrons. The first-order chi connectivity index (χ1) is 9.73. The van der Waals surface area contributed by atoms with Crippen molar-refractivity contribution in [3.8, 4) is 5.75 Å². The summed E-state index contributed by atoms with van der Waals surface area (Å²) in [5.41, 5.74) is 7.76. The molecule has 5 nitrogen and oxygen atoms in total. The molecular formula is C16H26N2O3. The summed E-state index contributed by atoms with van der Waals surface area (Å²) >= 11 is 0. The summed E-state index contributed by atoms with van der Waals surface area (Å²) < 4.78 is 10.5. The Balaban J connectivity index is 2.51. The third kappa shape index (κ3) is 6.04. The Morgan fingerprint density at radius 2 is 2.05 bits per heavy atom. The molecule has 1 aromatic rings. The van der Waals surface area contributed by atoms with Crippen LogP contribution in [0, 0.1) is 6.92 Å². The van der Waals surface area contributed by atoms with Crippen molar-refractivity contribution >= 4 is 6.09 Å². The van der Waals surface area contributed by atoms with Crippen LogP contribution in [0.3, 0.4) is 0 Å². The van der Waals surface area contributed by atoms with Crippen LogP contribution in [0.2, 0.25) is 0 Å². The number of rotatable bonds is 5. The molecule has 1 rings (SSSR count). The zero-order chi connectivity index (χ0) is 16.0. The van der Waals surface area contributed by atoms with Crippen molar-refractivity contribution in [3.05, 3.63) is 29.3 Å². The molecule has 0 aliphatic heterocycles. The minimum absolute atomic E-state index is 0.177. The summed E-state index contributed by atoms with van der Waals surface area (Å²) in [6.07, 6.45) is 0.221. The maximum atomic E-state index is 11.6. The number of methoxy groups -OCH3 is 1. The fraction of sp³-hybridized carbons (Fsp3) is 0.562. The van der Waals surface area contributed by atoms with Gasteiger partial charge in [-0.05, 0) is 51.3 Å². The monoisotopic (exact) mass is 294 g/mol. The minimum atomic E-state index is -0.502. The maximum Gasteiger partial charge on any atom is 0.407 e. The summed E-state index contributed by atoms with van der Waals surface area (Å²) in [5.74, 6) is 0.847. The first-order valence-electron chi connectivity index (χ1n) is 7.08. The highest BCUT2D eigenvalue weighted by molar-refractivity contribution is 5.67. The molecule has 0 saturated carbocycles. The van der Waals surface area contributed by atoms with Gasteiger partial charge in [0.05, 0.1) is 7.11 Å². The molecule has 0 saturated heterocycles. The van der Waals surface area contributed by atoms with E-state index in [9.17, 15) is 4.79 Å². The molecule has 0 bridgehead atoms. The van der Waals surface area contributed by atoms with Crippen molar-refractivity contribution in [2.45, 2.75) is 45.8 Å². The Hall–Kier alpha value is -1.75. The Bertz CT molecular complexity index is 481. The van der Waals surface area contributed by atoms with E-state index in [1.807, 2.05) is 45.9 Å². The Morgan fingerprint density at radius 3 is 2.62 bits per heavy atom. The van der Waals surface area contributed by atoms with Gasteiger partial charge >= 0.3 is 6.09 Å². The Kier molecular flexibility index (Phi) is 6.03. The molecular weight excluding hydrogens is 268 g/mol. The predicted octanol–water partition coefficient (Wildman–Crippen LogP) is 2.40. The van der Waals surface area contributed by atoms with Gasteiger partial charge in [-0.3, -0.25) is 0 Å². The molecule has 21 heavy (non-hydrogen) atoms. The van der Waals surface area contributed by atoms with Gasteiger partial charge in [-0.15, -0.1) is 0 Å². The third-order valence-electron chi connectivity index (χ3n) is 3.01. The van der Waals surface area contributed by atoms with Gasteiger partial charge in [-0.2, -0.15) is 0 Å². The number of hydrogen-bond donors (Lipinski definition) is 2. The lowest BCUT2D eigenvalue weighted by Gasteiger charge is -2.21. The zero-order valence-corrected chi connectivity index (χ0v) is 13.5. The Labute approximate surface area is 126 Å². The maximum absolute atomic E-state index is 11.6. The molecule has 0 aliphatic rings. The van der Waals surface area contributed by atoms with Crippen molar-refractivity contribution in [2.75, 3.05) is 13.7 Å². The SMILES string of the molecule is COc1cccc(CC(N)CNC(=O)OC(C)(C)C)c1C. The number of hydrogen-bond acceptors (Lipinski definition) is 4. The number of carbonyl (C=O) groups is 1. The van der Waals surface area contributed by atoms with Gasteiger partial charge in [-0.1, -0.05) is 12.1 Å². The first-order valence-corrected chi connectivity index (χ1v) is 7.08. The highest BCUT2D eigenvalue weighted by atomic mass is 16.6. The van der Waals surface area contributed by atoms with Gasteiger partial charge in [0.2, 0.25) is 0 Å². The number of nitrogens with one attached hydrogen (secondary N) is 1. The first kappa shape index (κ1) is 17.3. The van der Waals surface area contributed by atoms with E-state index in [2.05, 4.69) is 5.32 Å². The van der Waals surface area contributed by atoms with Crippen LogP contribution >= 0.6 is 0 Å². The van der Waals surface area contributed by atoms with E-state index in [0.717, 1.165) is 16.9 Å². The molecule has 0 fully saturated rings. The average molecular weight is 294 g/mol. The predicted molar refractivity (Wildman–Crippen MR) is 83.6 cm³/mol. The number of nitrogens with two attached hydrogens (primary N) is 1. The van der Waals surface area contributed by atoms with Crippen molar-refractivity contribution in [3.63, 3.8) is 0 Å². The highest BCUT2D eigenvalue weighted by Gasteiger charge is 2.17. The second kappa shape index (κ2) is 7.31. The van der Waals surface area contributed by atoms with E-state index >= 15 is 0 Å². The quantitative estimate of drug-likeness (QED) is 0.874. The molecule has 5 heteroatoms. The summed E-state index contributed by atoms with van der Waals surface area (Å²) in [4.78, 5) is 11.6. The molecule has 0 radical (unpaired) electrons. The molecule has 1 aromatic carbocycles. The van der Waals surface area contributed by atoms with Crippen LogP contribution in [-0.4, -0.2) is 31.4 Å². The van der Waals surface area contributed by atoms with Crippen LogP contribution in [0.15, 0.2) is 18.2 Å². The summed E-state index contributed by atoms with van der Waals surface area (Å²) in [5, 5.41) is 2.69. The number of benzene rings is 1. The van der Waals surface area contributed by atoms with Gasteiger partial charge in [-0.25, -0.2) is 4.79 Å². The largest absolute Gasteiger partial charge is 0.496 e. The van der Waals surface area contributed by atoms with Crippen LogP contribution in [-0.2, 0) is 11.2 Å². The van der Waals surface area contributed by atoms with E-state index in [0.29, 0.717) is 13.0 Å². The van der Waals surface area contributed by atoms with Gasteiger partial charge in [0.15, 0.2) is 0 Å². The summed E-state index contributed by atoms with van der Waals surface area (Å²) in [7, 11) is 1.65. The lowest BCUT2D eigenvalue weighted by atomic mass is 10.0. The molecule has 0 aromatic heterocycles. The van der Waals surface area contributed by atoms with Crippen molar-refractivity contribution in [1.29, 1.82) is 0 Å². The molecule has 1 unspecified atom stereocenters. The number of carbonyl (C=O) groups excluding carboxylic acids is 1. The van der Waals surface area contributed by atoms with Crippen molar-refractivity contribution in [1.82, 2.24) is 5.32 Å². The van der Waals surface area contributed by atoms with Crippen LogP contribution in [0.4, 0.5) is 4.79 Å². The summed E-state index contributed by atoms with van der Waals surface area (Å²) in [6, 6.07) is 5.70. The average Bonchev–Trinajstić information content (AvgIpc) is 2.37. The van der Waals surface area contributed by atoms with E-state index < -0.39 is 11.7 Å². The smallest absolute Gasteiger partial charge is 0.407 e. The second-order valence-corrected chi connectivity index (χ2v) is 6.09. The van der Waals surface area contributed by atoms with Crippen LogP contribution in [0.5, 0.6) is 5.75 Å².